The second kappa shape index (κ2) is 3.22. The van der Waals surface area contributed by atoms with Crippen LogP contribution in [0, 0.1) is 5.82 Å². The molecule has 1 aromatic carbocycles. The van der Waals surface area contributed by atoms with Gasteiger partial charge in [-0.05, 0) is 30.5 Å². The van der Waals surface area contributed by atoms with E-state index in [-0.39, 0.29) is 5.82 Å². The Labute approximate surface area is 80.6 Å². The smallest absolute Gasteiger partial charge is 0.123 e. The Morgan fingerprint density at radius 3 is 2.77 bits per heavy atom. The standard InChI is InChI=1S/C9H7FN2S/c10-9-3-1-2-7(4-9)8-5-11-12(13)6-8/h1-6,13H. The maximum Gasteiger partial charge on any atom is 0.123 e. The van der Waals surface area contributed by atoms with Crippen LogP contribution in [0.2, 0.25) is 0 Å². The fourth-order valence-electron chi connectivity index (χ4n) is 1.13. The molecule has 1 heterocycles. The molecule has 13 heavy (non-hydrogen) atoms. The Hall–Kier alpha value is -1.29. The van der Waals surface area contributed by atoms with Gasteiger partial charge < -0.3 is 0 Å². The molecule has 0 aliphatic carbocycles. The van der Waals surface area contributed by atoms with Crippen molar-refractivity contribution in [3.05, 3.63) is 42.5 Å². The minimum atomic E-state index is -0.246. The molecule has 66 valence electrons. The molecule has 0 saturated heterocycles. The van der Waals surface area contributed by atoms with E-state index in [0.717, 1.165) is 11.1 Å². The zero-order valence-corrected chi connectivity index (χ0v) is 7.58. The van der Waals surface area contributed by atoms with Crippen molar-refractivity contribution in [2.24, 2.45) is 0 Å². The van der Waals surface area contributed by atoms with Crippen LogP contribution in [-0.2, 0) is 0 Å². The molecule has 0 spiro atoms. The number of hydrogen-bond acceptors (Lipinski definition) is 2. The summed E-state index contributed by atoms with van der Waals surface area (Å²) in [6, 6.07) is 6.37. The molecule has 0 amide bonds. The average Bonchev–Trinajstić information content (AvgIpc) is 2.52. The zero-order chi connectivity index (χ0) is 9.26. The molecule has 4 heteroatoms. The van der Waals surface area contributed by atoms with Gasteiger partial charge in [0.05, 0.1) is 6.20 Å². The molecule has 0 fully saturated rings. The van der Waals surface area contributed by atoms with Crippen molar-refractivity contribution < 1.29 is 4.39 Å². The summed E-state index contributed by atoms with van der Waals surface area (Å²) in [6.45, 7) is 0. The van der Waals surface area contributed by atoms with Crippen LogP contribution in [0.5, 0.6) is 0 Å². The molecule has 0 radical (unpaired) electrons. The Morgan fingerprint density at radius 2 is 2.15 bits per heavy atom. The van der Waals surface area contributed by atoms with Gasteiger partial charge in [0, 0.05) is 11.8 Å². The molecule has 0 unspecified atom stereocenters. The minimum Gasteiger partial charge on any atom is -0.217 e. The van der Waals surface area contributed by atoms with Crippen molar-refractivity contribution in [2.45, 2.75) is 0 Å². The van der Waals surface area contributed by atoms with Gasteiger partial charge in [-0.2, -0.15) is 5.10 Å². The highest BCUT2D eigenvalue weighted by atomic mass is 32.1. The van der Waals surface area contributed by atoms with Gasteiger partial charge >= 0.3 is 0 Å². The second-order valence-electron chi connectivity index (χ2n) is 2.66. The van der Waals surface area contributed by atoms with Gasteiger partial charge in [0.15, 0.2) is 0 Å². The topological polar surface area (TPSA) is 17.8 Å². The van der Waals surface area contributed by atoms with Crippen molar-refractivity contribution in [1.29, 1.82) is 0 Å². The summed E-state index contributed by atoms with van der Waals surface area (Å²) in [5, 5.41) is 3.88. The van der Waals surface area contributed by atoms with Gasteiger partial charge in [-0.3, -0.25) is 0 Å². The largest absolute Gasteiger partial charge is 0.217 e. The van der Waals surface area contributed by atoms with E-state index in [9.17, 15) is 4.39 Å². The van der Waals surface area contributed by atoms with Gasteiger partial charge in [-0.1, -0.05) is 12.1 Å². The Bertz CT molecular complexity index is 425. The predicted molar refractivity (Wildman–Crippen MR) is 52.0 cm³/mol. The first kappa shape index (κ1) is 8.31. The van der Waals surface area contributed by atoms with E-state index in [0.29, 0.717) is 0 Å². The van der Waals surface area contributed by atoms with E-state index in [1.165, 1.54) is 16.2 Å². The third-order valence-corrected chi connectivity index (χ3v) is 1.95. The number of nitrogens with zero attached hydrogens (tertiary/aromatic N) is 2. The highest BCUT2D eigenvalue weighted by Crippen LogP contribution is 2.19. The van der Waals surface area contributed by atoms with Gasteiger partial charge in [0.25, 0.3) is 0 Å². The van der Waals surface area contributed by atoms with Gasteiger partial charge in [-0.15, -0.1) is 0 Å². The molecule has 0 saturated carbocycles. The lowest BCUT2D eigenvalue weighted by Gasteiger charge is -1.95. The quantitative estimate of drug-likeness (QED) is 0.690. The van der Waals surface area contributed by atoms with E-state index in [4.69, 9.17) is 0 Å². The minimum absolute atomic E-state index is 0.246. The molecular formula is C9H7FN2S. The van der Waals surface area contributed by atoms with Gasteiger partial charge in [-0.25, -0.2) is 8.48 Å². The molecular weight excluding hydrogens is 187 g/mol. The summed E-state index contributed by atoms with van der Waals surface area (Å²) in [6.07, 6.45) is 3.36. The Morgan fingerprint density at radius 1 is 1.31 bits per heavy atom. The third-order valence-electron chi connectivity index (χ3n) is 1.73. The molecule has 0 N–H and O–H groups in total. The van der Waals surface area contributed by atoms with Crippen LogP contribution >= 0.6 is 12.8 Å². The monoisotopic (exact) mass is 194 g/mol. The molecule has 2 nitrogen and oxygen atoms in total. The SMILES string of the molecule is Fc1cccc(-c2cnn(S)c2)c1. The van der Waals surface area contributed by atoms with Crippen LogP contribution in [0.25, 0.3) is 11.1 Å². The van der Waals surface area contributed by atoms with Crippen molar-refractivity contribution in [1.82, 2.24) is 9.19 Å². The number of aromatic nitrogens is 2. The summed E-state index contributed by atoms with van der Waals surface area (Å²) in [7, 11) is 0. The molecule has 0 aliphatic rings. The number of hydrogen-bond donors (Lipinski definition) is 1. The van der Waals surface area contributed by atoms with Crippen molar-refractivity contribution >= 4 is 12.8 Å². The summed E-state index contributed by atoms with van der Waals surface area (Å²) in [5.41, 5.74) is 1.66. The van der Waals surface area contributed by atoms with E-state index in [2.05, 4.69) is 17.9 Å². The number of halogens is 1. The third kappa shape index (κ3) is 1.72. The lowest BCUT2D eigenvalue weighted by atomic mass is 10.1. The van der Waals surface area contributed by atoms with Crippen LogP contribution in [0.15, 0.2) is 36.7 Å². The normalized spacial score (nSPS) is 10.3. The maximum absolute atomic E-state index is 12.8. The molecule has 0 bridgehead atoms. The van der Waals surface area contributed by atoms with Crippen molar-refractivity contribution in [2.75, 3.05) is 0 Å². The van der Waals surface area contributed by atoms with Crippen LogP contribution in [-0.4, -0.2) is 9.19 Å². The highest BCUT2D eigenvalue weighted by Gasteiger charge is 2.00. The first-order chi connectivity index (χ1) is 6.25. The van der Waals surface area contributed by atoms with Crippen LogP contribution < -0.4 is 0 Å². The number of thiol groups is 1. The van der Waals surface area contributed by atoms with E-state index in [1.807, 2.05) is 6.07 Å². The van der Waals surface area contributed by atoms with E-state index in [1.54, 1.807) is 18.5 Å². The van der Waals surface area contributed by atoms with Crippen LogP contribution in [0.4, 0.5) is 4.39 Å². The van der Waals surface area contributed by atoms with Crippen LogP contribution in [0.3, 0.4) is 0 Å². The molecule has 1 aromatic heterocycles. The second-order valence-corrected chi connectivity index (χ2v) is 3.07. The summed E-state index contributed by atoms with van der Waals surface area (Å²) < 4.78 is 14.2. The number of benzene rings is 1. The zero-order valence-electron chi connectivity index (χ0n) is 6.68. The fourth-order valence-corrected chi connectivity index (χ4v) is 1.31. The van der Waals surface area contributed by atoms with E-state index < -0.39 is 0 Å². The van der Waals surface area contributed by atoms with Crippen molar-refractivity contribution in [3.63, 3.8) is 0 Å². The average molecular weight is 194 g/mol. The highest BCUT2D eigenvalue weighted by molar-refractivity contribution is 7.78. The summed E-state index contributed by atoms with van der Waals surface area (Å²) >= 11 is 3.99. The molecule has 0 aliphatic heterocycles. The van der Waals surface area contributed by atoms with Crippen LogP contribution in [0.1, 0.15) is 0 Å². The molecule has 0 atom stereocenters. The summed E-state index contributed by atoms with van der Waals surface area (Å²) in [5.74, 6) is -0.246. The number of rotatable bonds is 1. The predicted octanol–water partition coefficient (Wildman–Crippen LogP) is 2.38. The van der Waals surface area contributed by atoms with Gasteiger partial charge in [0.1, 0.15) is 5.82 Å². The lowest BCUT2D eigenvalue weighted by Crippen LogP contribution is -1.77. The Balaban J connectivity index is 2.46. The lowest BCUT2D eigenvalue weighted by molar-refractivity contribution is 0.628. The maximum atomic E-state index is 12.8. The molecule has 2 aromatic rings. The Kier molecular flexibility index (Phi) is 2.06. The first-order valence-electron chi connectivity index (χ1n) is 3.75. The first-order valence-corrected chi connectivity index (χ1v) is 4.15. The summed E-state index contributed by atoms with van der Waals surface area (Å²) in [4.78, 5) is 0. The van der Waals surface area contributed by atoms with Crippen molar-refractivity contribution in [3.8, 4) is 11.1 Å². The fraction of sp³-hybridized carbons (Fsp3) is 0. The molecule has 2 rings (SSSR count). The van der Waals surface area contributed by atoms with E-state index >= 15 is 0 Å². The van der Waals surface area contributed by atoms with Gasteiger partial charge in [0.2, 0.25) is 0 Å².